The predicted molar refractivity (Wildman–Crippen MR) is 45.1 cm³/mol. The number of esters is 1. The van der Waals surface area contributed by atoms with Gasteiger partial charge in [0.2, 0.25) is 0 Å². The van der Waals surface area contributed by atoms with E-state index < -0.39 is 23.9 Å². The summed E-state index contributed by atoms with van der Waals surface area (Å²) in [4.78, 5) is 10.6. The lowest BCUT2D eigenvalue weighted by Crippen LogP contribution is -2.32. The monoisotopic (exact) mass is 224 g/mol. The van der Waals surface area contributed by atoms with Crippen molar-refractivity contribution in [2.45, 2.75) is 31.2 Å². The number of epoxide rings is 1. The molecule has 1 rings (SSSR count). The van der Waals surface area contributed by atoms with Crippen LogP contribution in [-0.4, -0.2) is 30.5 Å². The molecule has 2 unspecified atom stereocenters. The minimum atomic E-state index is -4.37. The number of carbonyl (C=O) groups excluding carboxylic acids is 1. The molecule has 0 N–H and O–H groups in total. The summed E-state index contributed by atoms with van der Waals surface area (Å²) in [6.45, 7) is 4.04. The van der Waals surface area contributed by atoms with Gasteiger partial charge < -0.3 is 9.47 Å². The Morgan fingerprint density at radius 3 is 2.67 bits per heavy atom. The van der Waals surface area contributed by atoms with Gasteiger partial charge in [-0.1, -0.05) is 6.58 Å². The van der Waals surface area contributed by atoms with E-state index in [4.69, 9.17) is 0 Å². The zero-order valence-electron chi connectivity index (χ0n) is 8.13. The van der Waals surface area contributed by atoms with E-state index in [9.17, 15) is 18.0 Å². The Bertz CT molecular complexity index is 274. The minimum absolute atomic E-state index is 0.0373. The van der Waals surface area contributed by atoms with Gasteiger partial charge in [0.15, 0.2) is 5.60 Å². The van der Waals surface area contributed by atoms with Crippen LogP contribution in [0.5, 0.6) is 0 Å². The summed E-state index contributed by atoms with van der Waals surface area (Å²) in [5, 5.41) is 0. The highest BCUT2D eigenvalue weighted by Gasteiger charge is 2.69. The molecule has 3 nitrogen and oxygen atoms in total. The number of hydrogen-bond acceptors (Lipinski definition) is 3. The van der Waals surface area contributed by atoms with Gasteiger partial charge in [-0.05, 0) is 6.92 Å². The van der Waals surface area contributed by atoms with Gasteiger partial charge in [0.05, 0.1) is 12.7 Å². The molecule has 86 valence electrons. The van der Waals surface area contributed by atoms with Crippen LogP contribution < -0.4 is 0 Å². The average Bonchev–Trinajstić information content (AvgIpc) is 2.77. The maximum Gasteiger partial charge on any atom is 0.419 e. The molecule has 1 fully saturated rings. The Hall–Kier alpha value is -1.04. The van der Waals surface area contributed by atoms with Crippen LogP contribution in [0.25, 0.3) is 0 Å². The molecule has 6 heteroatoms. The van der Waals surface area contributed by atoms with E-state index in [1.54, 1.807) is 0 Å². The fraction of sp³-hybridized carbons (Fsp3) is 0.667. The fourth-order valence-corrected chi connectivity index (χ4v) is 1.17. The highest BCUT2D eigenvalue weighted by atomic mass is 19.4. The van der Waals surface area contributed by atoms with Crippen molar-refractivity contribution in [2.75, 3.05) is 6.61 Å². The molecule has 0 bridgehead atoms. The first kappa shape index (κ1) is 12.0. The molecule has 0 aromatic rings. The first-order valence-corrected chi connectivity index (χ1v) is 4.35. The van der Waals surface area contributed by atoms with Crippen molar-refractivity contribution >= 4 is 5.97 Å². The van der Waals surface area contributed by atoms with Gasteiger partial charge in [-0.3, -0.25) is 0 Å². The van der Waals surface area contributed by atoms with Crippen molar-refractivity contribution in [3.8, 4) is 0 Å². The normalized spacial score (nSPS) is 29.7. The molecule has 0 saturated carbocycles. The molecular weight excluding hydrogens is 213 g/mol. The first-order chi connectivity index (χ1) is 6.81. The van der Waals surface area contributed by atoms with E-state index in [1.807, 2.05) is 0 Å². The summed E-state index contributed by atoms with van der Waals surface area (Å²) in [5.41, 5.74) is -2.08. The molecule has 0 aromatic carbocycles. The van der Waals surface area contributed by atoms with Gasteiger partial charge in [0.25, 0.3) is 0 Å². The number of ether oxygens (including phenoxy) is 2. The van der Waals surface area contributed by atoms with Gasteiger partial charge >= 0.3 is 12.1 Å². The predicted octanol–water partition coefficient (Wildman–Crippen LogP) is 1.83. The highest BCUT2D eigenvalue weighted by molar-refractivity contribution is 5.81. The lowest BCUT2D eigenvalue weighted by atomic mass is 10.1. The Kier molecular flexibility index (Phi) is 3.08. The van der Waals surface area contributed by atoms with E-state index in [1.165, 1.54) is 0 Å². The van der Waals surface area contributed by atoms with E-state index in [2.05, 4.69) is 16.1 Å². The van der Waals surface area contributed by atoms with Crippen LogP contribution >= 0.6 is 0 Å². The van der Waals surface area contributed by atoms with Crippen molar-refractivity contribution < 1.29 is 27.4 Å². The average molecular weight is 224 g/mol. The van der Waals surface area contributed by atoms with E-state index in [-0.39, 0.29) is 13.0 Å². The number of rotatable bonds is 4. The maximum absolute atomic E-state index is 12.3. The molecule has 0 spiro atoms. The number of halogens is 3. The first-order valence-electron chi connectivity index (χ1n) is 4.35. The second kappa shape index (κ2) is 3.84. The van der Waals surface area contributed by atoms with Crippen LogP contribution in [0.3, 0.4) is 0 Å². The lowest BCUT2D eigenvalue weighted by Gasteiger charge is -2.10. The van der Waals surface area contributed by atoms with E-state index in [0.717, 1.165) is 13.0 Å². The second-order valence-corrected chi connectivity index (χ2v) is 3.37. The molecule has 0 aliphatic carbocycles. The molecule has 15 heavy (non-hydrogen) atoms. The number of carbonyl (C=O) groups is 1. The summed E-state index contributed by atoms with van der Waals surface area (Å²) in [6, 6.07) is 0. The Labute approximate surface area is 84.8 Å². The number of alkyl halides is 3. The summed E-state index contributed by atoms with van der Waals surface area (Å²) in [5.74, 6) is -0.649. The van der Waals surface area contributed by atoms with Crippen molar-refractivity contribution in [2.24, 2.45) is 0 Å². The van der Waals surface area contributed by atoms with E-state index in [0.29, 0.717) is 0 Å². The van der Waals surface area contributed by atoms with Crippen molar-refractivity contribution in [1.82, 2.24) is 0 Å². The van der Waals surface area contributed by atoms with Gasteiger partial charge in [-0.2, -0.15) is 13.2 Å². The zero-order chi connectivity index (χ0) is 11.7. The Morgan fingerprint density at radius 1 is 1.67 bits per heavy atom. The minimum Gasteiger partial charge on any atom is -0.462 e. The van der Waals surface area contributed by atoms with Gasteiger partial charge in [-0.15, -0.1) is 0 Å². The van der Waals surface area contributed by atoms with Crippen molar-refractivity contribution in [3.05, 3.63) is 12.7 Å². The summed E-state index contributed by atoms with van der Waals surface area (Å²) >= 11 is 0. The molecule has 1 saturated heterocycles. The van der Waals surface area contributed by atoms with Crippen molar-refractivity contribution in [1.29, 1.82) is 0 Å². The summed E-state index contributed by atoms with van der Waals surface area (Å²) < 4.78 is 45.9. The summed E-state index contributed by atoms with van der Waals surface area (Å²) in [7, 11) is 0. The van der Waals surface area contributed by atoms with Crippen LogP contribution in [0.4, 0.5) is 13.2 Å². The standard InChI is InChI=1S/C9H11F3O3/c1-3-7(13)14-5-4-6-8(2,15-6)9(10,11)12/h3,6H,1,4-5H2,2H3. The largest absolute Gasteiger partial charge is 0.462 e. The highest BCUT2D eigenvalue weighted by Crippen LogP contribution is 2.50. The Morgan fingerprint density at radius 2 is 2.27 bits per heavy atom. The van der Waals surface area contributed by atoms with Crippen LogP contribution in [0.1, 0.15) is 13.3 Å². The van der Waals surface area contributed by atoms with Gasteiger partial charge in [-0.25, -0.2) is 4.79 Å². The lowest BCUT2D eigenvalue weighted by molar-refractivity contribution is -0.178. The maximum atomic E-state index is 12.3. The van der Waals surface area contributed by atoms with Crippen LogP contribution in [0.15, 0.2) is 12.7 Å². The van der Waals surface area contributed by atoms with E-state index >= 15 is 0 Å². The Balaban J connectivity index is 2.28. The SMILES string of the molecule is C=CC(=O)OCCC1OC1(C)C(F)(F)F. The van der Waals surface area contributed by atoms with Gasteiger partial charge in [0, 0.05) is 12.5 Å². The third kappa shape index (κ3) is 2.50. The molecule has 0 radical (unpaired) electrons. The zero-order valence-corrected chi connectivity index (χ0v) is 8.13. The van der Waals surface area contributed by atoms with Gasteiger partial charge in [0.1, 0.15) is 0 Å². The molecule has 0 aromatic heterocycles. The molecule has 0 amide bonds. The number of hydrogen-bond donors (Lipinski definition) is 0. The smallest absolute Gasteiger partial charge is 0.419 e. The molecule has 1 aliphatic heterocycles. The van der Waals surface area contributed by atoms with Crippen LogP contribution in [-0.2, 0) is 14.3 Å². The van der Waals surface area contributed by atoms with Crippen LogP contribution in [0.2, 0.25) is 0 Å². The molecule has 1 aliphatic rings. The topological polar surface area (TPSA) is 38.8 Å². The molecule has 1 heterocycles. The third-order valence-electron chi connectivity index (χ3n) is 2.30. The fourth-order valence-electron chi connectivity index (χ4n) is 1.17. The quantitative estimate of drug-likeness (QED) is 0.415. The summed E-state index contributed by atoms with van der Waals surface area (Å²) in [6.07, 6.45) is -4.30. The van der Waals surface area contributed by atoms with Crippen molar-refractivity contribution in [3.63, 3.8) is 0 Å². The molecule has 2 atom stereocenters. The van der Waals surface area contributed by atoms with Crippen LogP contribution in [0, 0.1) is 0 Å². The third-order valence-corrected chi connectivity index (χ3v) is 2.30. The second-order valence-electron chi connectivity index (χ2n) is 3.37. The molecular formula is C9H11F3O3.